The molecule has 1 heterocycles. The summed E-state index contributed by atoms with van der Waals surface area (Å²) in [6, 6.07) is 6.09. The Balaban J connectivity index is 1.96. The number of alkyl halides is 2. The van der Waals surface area contributed by atoms with Crippen molar-refractivity contribution < 1.29 is 23.0 Å². The zero-order valence-corrected chi connectivity index (χ0v) is 10.3. The molecule has 0 bridgehead atoms. The Bertz CT molecular complexity index is 607. The van der Waals surface area contributed by atoms with Gasteiger partial charge in [0.2, 0.25) is 5.89 Å². The number of aromatic nitrogens is 2. The normalized spacial score (nSPS) is 11.0. The van der Waals surface area contributed by atoms with Gasteiger partial charge in [-0.1, -0.05) is 12.1 Å². The van der Waals surface area contributed by atoms with Gasteiger partial charge in [0.15, 0.2) is 0 Å². The first-order chi connectivity index (χ1) is 9.58. The minimum Gasteiger partial charge on any atom is -0.435 e. The molecule has 1 aromatic heterocycles. The van der Waals surface area contributed by atoms with Crippen LogP contribution >= 0.6 is 0 Å². The zero-order chi connectivity index (χ0) is 14.5. The van der Waals surface area contributed by atoms with Gasteiger partial charge in [-0.25, -0.2) is 4.79 Å². The van der Waals surface area contributed by atoms with Gasteiger partial charge in [0, 0.05) is 0 Å². The highest BCUT2D eigenvalue weighted by Crippen LogP contribution is 2.15. The second-order valence-electron chi connectivity index (χ2n) is 3.92. The van der Waals surface area contributed by atoms with Crippen LogP contribution in [0.1, 0.15) is 11.5 Å². The van der Waals surface area contributed by atoms with Gasteiger partial charge < -0.3 is 14.3 Å². The lowest BCUT2D eigenvalue weighted by Crippen LogP contribution is -2.17. The highest BCUT2D eigenvalue weighted by atomic mass is 19.3. The number of halogens is 2. The number of rotatable bonds is 6. The van der Waals surface area contributed by atoms with Crippen LogP contribution in [0.2, 0.25) is 0 Å². The van der Waals surface area contributed by atoms with Crippen LogP contribution < -0.4 is 10.5 Å². The van der Waals surface area contributed by atoms with Gasteiger partial charge in [0.25, 0.3) is 0 Å². The molecule has 1 aromatic carbocycles. The minimum atomic E-state index is -2.86. The Morgan fingerprint density at radius 2 is 2.05 bits per heavy atom. The fourth-order valence-electron chi connectivity index (χ4n) is 1.63. The molecule has 0 aliphatic heterocycles. The zero-order valence-electron chi connectivity index (χ0n) is 10.3. The van der Waals surface area contributed by atoms with E-state index in [4.69, 9.17) is 5.11 Å². The van der Waals surface area contributed by atoms with E-state index < -0.39 is 19.0 Å². The minimum absolute atomic E-state index is 0.0457. The first-order valence-electron chi connectivity index (χ1n) is 5.80. The third kappa shape index (κ3) is 3.64. The standard InChI is InChI=1S/C12H12F2N2O4/c13-11(14)19-9-3-1-8(2-4-9)5-6-16-12(18)20-10(7-17)15-16/h1-4,11,17H,5-7H2. The van der Waals surface area contributed by atoms with Gasteiger partial charge >= 0.3 is 12.4 Å². The lowest BCUT2D eigenvalue weighted by Gasteiger charge is -2.05. The molecule has 0 saturated heterocycles. The molecule has 0 radical (unpaired) electrons. The maximum atomic E-state index is 12.0. The molecule has 0 atom stereocenters. The molecule has 0 aliphatic rings. The van der Waals surface area contributed by atoms with Crippen LogP contribution in [0, 0.1) is 0 Å². The lowest BCUT2D eigenvalue weighted by molar-refractivity contribution is -0.0498. The van der Waals surface area contributed by atoms with Crippen molar-refractivity contribution in [2.45, 2.75) is 26.2 Å². The van der Waals surface area contributed by atoms with E-state index in [1.807, 2.05) is 0 Å². The summed E-state index contributed by atoms with van der Waals surface area (Å²) < 4.78 is 33.9. The molecule has 0 aliphatic carbocycles. The average Bonchev–Trinajstić information content (AvgIpc) is 2.78. The van der Waals surface area contributed by atoms with Crippen LogP contribution in [0.3, 0.4) is 0 Å². The van der Waals surface area contributed by atoms with E-state index in [1.54, 1.807) is 12.1 Å². The van der Waals surface area contributed by atoms with Crippen LogP contribution in [-0.2, 0) is 19.6 Å². The average molecular weight is 286 g/mol. The predicted molar refractivity (Wildman–Crippen MR) is 63.5 cm³/mol. The van der Waals surface area contributed by atoms with Crippen LogP contribution in [0.4, 0.5) is 8.78 Å². The van der Waals surface area contributed by atoms with Gasteiger partial charge in [-0.05, 0) is 24.1 Å². The van der Waals surface area contributed by atoms with E-state index in [0.717, 1.165) is 10.2 Å². The van der Waals surface area contributed by atoms with Gasteiger partial charge in [0.1, 0.15) is 12.4 Å². The van der Waals surface area contributed by atoms with E-state index in [1.165, 1.54) is 12.1 Å². The topological polar surface area (TPSA) is 77.5 Å². The third-order valence-corrected chi connectivity index (χ3v) is 2.54. The molecule has 0 unspecified atom stereocenters. The van der Waals surface area contributed by atoms with Gasteiger partial charge in [-0.3, -0.25) is 0 Å². The summed E-state index contributed by atoms with van der Waals surface area (Å²) in [6.45, 7) is -3.04. The third-order valence-electron chi connectivity index (χ3n) is 2.54. The Morgan fingerprint density at radius 1 is 1.35 bits per heavy atom. The van der Waals surface area contributed by atoms with Crippen molar-refractivity contribution in [2.75, 3.05) is 0 Å². The number of aryl methyl sites for hydroxylation is 2. The van der Waals surface area contributed by atoms with E-state index in [0.29, 0.717) is 6.42 Å². The summed E-state index contributed by atoms with van der Waals surface area (Å²) >= 11 is 0. The summed E-state index contributed by atoms with van der Waals surface area (Å²) in [5.74, 6) is -0.618. The van der Waals surface area contributed by atoms with E-state index in [-0.39, 0.29) is 18.2 Å². The summed E-state index contributed by atoms with van der Waals surface area (Å²) in [7, 11) is 0. The molecule has 1 N–H and O–H groups in total. The summed E-state index contributed by atoms with van der Waals surface area (Å²) in [5.41, 5.74) is 0.826. The molecule has 2 rings (SSSR count). The maximum absolute atomic E-state index is 12.0. The number of ether oxygens (including phenoxy) is 1. The fourth-order valence-corrected chi connectivity index (χ4v) is 1.63. The number of hydrogen-bond donors (Lipinski definition) is 1. The quantitative estimate of drug-likeness (QED) is 0.862. The van der Waals surface area contributed by atoms with Crippen LogP contribution in [0.5, 0.6) is 5.75 Å². The monoisotopic (exact) mass is 286 g/mol. The lowest BCUT2D eigenvalue weighted by atomic mass is 10.1. The first kappa shape index (κ1) is 14.2. The van der Waals surface area contributed by atoms with Crippen molar-refractivity contribution in [3.05, 3.63) is 46.3 Å². The molecule has 6 nitrogen and oxygen atoms in total. The molecule has 20 heavy (non-hydrogen) atoms. The molecule has 108 valence electrons. The Labute approximate surface area is 112 Å². The SMILES string of the molecule is O=c1oc(CO)nn1CCc1ccc(OC(F)F)cc1. The van der Waals surface area contributed by atoms with E-state index >= 15 is 0 Å². The van der Waals surface area contributed by atoms with Crippen molar-refractivity contribution in [2.24, 2.45) is 0 Å². The summed E-state index contributed by atoms with van der Waals surface area (Å²) in [4.78, 5) is 11.3. The highest BCUT2D eigenvalue weighted by Gasteiger charge is 2.07. The number of benzene rings is 1. The van der Waals surface area contributed by atoms with Gasteiger partial charge in [-0.2, -0.15) is 13.5 Å². The Morgan fingerprint density at radius 3 is 2.60 bits per heavy atom. The highest BCUT2D eigenvalue weighted by molar-refractivity contribution is 5.27. The summed E-state index contributed by atoms with van der Waals surface area (Å²) in [6.07, 6.45) is 0.465. The molecule has 8 heteroatoms. The molecule has 2 aromatic rings. The largest absolute Gasteiger partial charge is 0.437 e. The number of hydrogen-bond acceptors (Lipinski definition) is 5. The van der Waals surface area contributed by atoms with E-state index in [9.17, 15) is 13.6 Å². The van der Waals surface area contributed by atoms with Crippen LogP contribution in [-0.4, -0.2) is 21.5 Å². The Hall–Kier alpha value is -2.22. The van der Waals surface area contributed by atoms with Gasteiger partial charge in [-0.15, -0.1) is 5.10 Å². The molecule has 0 amide bonds. The van der Waals surface area contributed by atoms with Gasteiger partial charge in [0.05, 0.1) is 6.54 Å². The maximum Gasteiger partial charge on any atom is 0.437 e. The molecular weight excluding hydrogens is 274 g/mol. The molecule has 0 fully saturated rings. The van der Waals surface area contributed by atoms with Crippen LogP contribution in [0.25, 0.3) is 0 Å². The van der Waals surface area contributed by atoms with Crippen molar-refractivity contribution in [3.63, 3.8) is 0 Å². The van der Waals surface area contributed by atoms with Crippen molar-refractivity contribution in [1.29, 1.82) is 0 Å². The first-order valence-corrected chi connectivity index (χ1v) is 5.80. The fraction of sp³-hybridized carbons (Fsp3) is 0.333. The number of aliphatic hydroxyl groups excluding tert-OH is 1. The van der Waals surface area contributed by atoms with Crippen molar-refractivity contribution in [3.8, 4) is 5.75 Å². The van der Waals surface area contributed by atoms with Crippen molar-refractivity contribution >= 4 is 0 Å². The second-order valence-corrected chi connectivity index (χ2v) is 3.92. The Kier molecular flexibility index (Phi) is 4.46. The molecule has 0 saturated carbocycles. The molecular formula is C12H12F2N2O4. The summed E-state index contributed by atoms with van der Waals surface area (Å²) in [5, 5.41) is 12.5. The second kappa shape index (κ2) is 6.29. The van der Waals surface area contributed by atoms with Crippen LogP contribution in [0.15, 0.2) is 33.5 Å². The predicted octanol–water partition coefficient (Wildman–Crippen LogP) is 1.17. The number of aliphatic hydroxyl groups is 1. The van der Waals surface area contributed by atoms with Crippen molar-refractivity contribution in [1.82, 2.24) is 9.78 Å². The van der Waals surface area contributed by atoms with E-state index in [2.05, 4.69) is 14.3 Å². The molecule has 0 spiro atoms. The smallest absolute Gasteiger partial charge is 0.435 e. The number of nitrogens with zero attached hydrogens (tertiary/aromatic N) is 2.